The summed E-state index contributed by atoms with van der Waals surface area (Å²) in [6, 6.07) is 6.19. The molecule has 0 unspecified atom stereocenters. The molecule has 3 rings (SSSR count). The lowest BCUT2D eigenvalue weighted by atomic mass is 9.95. The van der Waals surface area contributed by atoms with Crippen molar-refractivity contribution >= 4 is 23.6 Å². The van der Waals surface area contributed by atoms with Gasteiger partial charge < -0.3 is 14.7 Å². The number of benzene rings is 1. The maximum Gasteiger partial charge on any atom is 0.232 e. The molecule has 7 heteroatoms. The lowest BCUT2D eigenvalue weighted by molar-refractivity contribution is -0.141. The van der Waals surface area contributed by atoms with E-state index >= 15 is 0 Å². The maximum absolute atomic E-state index is 12.9. The lowest BCUT2D eigenvalue weighted by Gasteiger charge is -2.37. The Balaban J connectivity index is 1.42. The minimum atomic E-state index is -0.271. The summed E-state index contributed by atoms with van der Waals surface area (Å²) in [5.74, 6) is 0.471. The van der Waals surface area contributed by atoms with Crippen molar-refractivity contribution in [2.75, 3.05) is 52.1 Å². The zero-order chi connectivity index (χ0) is 18.5. The first-order valence-corrected chi connectivity index (χ1v) is 10.1. The van der Waals surface area contributed by atoms with E-state index < -0.39 is 0 Å². The van der Waals surface area contributed by atoms with Crippen LogP contribution in [-0.4, -0.2) is 78.6 Å². The number of thioether (sulfide) groups is 1. The molecule has 0 N–H and O–H groups in total. The van der Waals surface area contributed by atoms with Crippen molar-refractivity contribution in [1.82, 2.24) is 14.7 Å². The van der Waals surface area contributed by atoms with Gasteiger partial charge in [-0.15, -0.1) is 11.8 Å². The van der Waals surface area contributed by atoms with Gasteiger partial charge in [-0.1, -0.05) is 0 Å². The molecule has 2 fully saturated rings. The predicted molar refractivity (Wildman–Crippen MR) is 101 cm³/mol. The molecule has 0 atom stereocenters. The van der Waals surface area contributed by atoms with Crippen LogP contribution in [0, 0.1) is 11.7 Å². The van der Waals surface area contributed by atoms with Crippen molar-refractivity contribution in [1.29, 1.82) is 0 Å². The molecule has 5 nitrogen and oxygen atoms in total. The fraction of sp³-hybridized carbons (Fsp3) is 0.579. The van der Waals surface area contributed by atoms with Crippen LogP contribution in [0.15, 0.2) is 29.2 Å². The second-order valence-electron chi connectivity index (χ2n) is 7.03. The number of nitrogens with zero attached hydrogens (tertiary/aromatic N) is 3. The monoisotopic (exact) mass is 379 g/mol. The maximum atomic E-state index is 12.9. The number of likely N-dealkylation sites (tertiary alicyclic amines) is 1. The third kappa shape index (κ3) is 4.98. The van der Waals surface area contributed by atoms with Crippen LogP contribution < -0.4 is 0 Å². The highest BCUT2D eigenvalue weighted by molar-refractivity contribution is 8.00. The van der Waals surface area contributed by atoms with Gasteiger partial charge in [-0.25, -0.2) is 4.39 Å². The van der Waals surface area contributed by atoms with Crippen molar-refractivity contribution in [3.63, 3.8) is 0 Å². The van der Waals surface area contributed by atoms with Crippen LogP contribution in [0.1, 0.15) is 12.8 Å². The number of carbonyl (C=O) groups excluding carboxylic acids is 2. The molecule has 1 aromatic carbocycles. The molecule has 0 spiro atoms. The van der Waals surface area contributed by atoms with Gasteiger partial charge in [-0.05, 0) is 44.2 Å². The van der Waals surface area contributed by atoms with Gasteiger partial charge in [0.15, 0.2) is 0 Å². The molecule has 2 heterocycles. The molecule has 1 aromatic rings. The van der Waals surface area contributed by atoms with Crippen LogP contribution in [-0.2, 0) is 9.59 Å². The van der Waals surface area contributed by atoms with E-state index in [4.69, 9.17) is 0 Å². The standard InChI is InChI=1S/C19H26FN3O2S/c1-21-10-12-23(13-11-21)19(25)15-6-8-22(9-7-15)18(24)14-26-17-4-2-16(20)3-5-17/h2-5,15H,6-14H2,1H3. The summed E-state index contributed by atoms with van der Waals surface area (Å²) in [6.07, 6.45) is 1.50. The SMILES string of the molecule is CN1CCN(C(=O)C2CCN(C(=O)CSc3ccc(F)cc3)CC2)CC1. The first kappa shape index (κ1) is 19.2. The highest BCUT2D eigenvalue weighted by Gasteiger charge is 2.31. The molecule has 0 radical (unpaired) electrons. The van der Waals surface area contributed by atoms with Gasteiger partial charge in [0.2, 0.25) is 11.8 Å². The van der Waals surface area contributed by atoms with E-state index in [1.54, 1.807) is 12.1 Å². The zero-order valence-corrected chi connectivity index (χ0v) is 16.0. The quantitative estimate of drug-likeness (QED) is 0.750. The molecule has 2 saturated heterocycles. The molecule has 0 saturated carbocycles. The van der Waals surface area contributed by atoms with Gasteiger partial charge in [0.25, 0.3) is 0 Å². The third-order valence-electron chi connectivity index (χ3n) is 5.19. The fourth-order valence-corrected chi connectivity index (χ4v) is 4.23. The second kappa shape index (κ2) is 8.86. The van der Waals surface area contributed by atoms with E-state index in [0.29, 0.717) is 18.8 Å². The van der Waals surface area contributed by atoms with Gasteiger partial charge in [-0.3, -0.25) is 9.59 Å². The van der Waals surface area contributed by atoms with Gasteiger partial charge in [0, 0.05) is 50.1 Å². The normalized spacial score (nSPS) is 19.6. The molecular weight excluding hydrogens is 353 g/mol. The molecular formula is C19H26FN3O2S. The Kier molecular flexibility index (Phi) is 6.53. The molecule has 2 aliphatic rings. The van der Waals surface area contributed by atoms with E-state index in [1.807, 2.05) is 9.80 Å². The van der Waals surface area contributed by atoms with Crippen molar-refractivity contribution in [3.8, 4) is 0 Å². The Bertz CT molecular complexity index is 624. The summed E-state index contributed by atoms with van der Waals surface area (Å²) in [4.78, 5) is 32.0. The third-order valence-corrected chi connectivity index (χ3v) is 6.18. The predicted octanol–water partition coefficient (Wildman–Crippen LogP) is 1.93. The van der Waals surface area contributed by atoms with E-state index in [1.165, 1.54) is 23.9 Å². The van der Waals surface area contributed by atoms with Crippen LogP contribution in [0.5, 0.6) is 0 Å². The first-order chi connectivity index (χ1) is 12.5. The molecule has 2 amide bonds. The zero-order valence-electron chi connectivity index (χ0n) is 15.2. The summed E-state index contributed by atoms with van der Waals surface area (Å²) in [5, 5.41) is 0. The lowest BCUT2D eigenvalue weighted by Crippen LogP contribution is -2.51. The number of carbonyl (C=O) groups is 2. The highest BCUT2D eigenvalue weighted by atomic mass is 32.2. The molecule has 142 valence electrons. The number of hydrogen-bond donors (Lipinski definition) is 0. The van der Waals surface area contributed by atoms with Crippen molar-refractivity contribution in [2.45, 2.75) is 17.7 Å². The van der Waals surface area contributed by atoms with Crippen LogP contribution in [0.4, 0.5) is 4.39 Å². The average Bonchev–Trinajstić information content (AvgIpc) is 2.67. The fourth-order valence-electron chi connectivity index (χ4n) is 3.43. The van der Waals surface area contributed by atoms with E-state index in [2.05, 4.69) is 11.9 Å². The highest BCUT2D eigenvalue weighted by Crippen LogP contribution is 2.23. The van der Waals surface area contributed by atoms with Crippen LogP contribution >= 0.6 is 11.8 Å². The Morgan fingerprint density at radius 1 is 1.00 bits per heavy atom. The van der Waals surface area contributed by atoms with E-state index in [0.717, 1.165) is 43.9 Å². The van der Waals surface area contributed by atoms with E-state index in [9.17, 15) is 14.0 Å². The van der Waals surface area contributed by atoms with Crippen molar-refractivity contribution in [3.05, 3.63) is 30.1 Å². The number of halogens is 1. The summed E-state index contributed by atoms with van der Waals surface area (Å²) in [7, 11) is 2.08. The van der Waals surface area contributed by atoms with Crippen molar-refractivity contribution in [2.24, 2.45) is 5.92 Å². The minimum absolute atomic E-state index is 0.0483. The van der Waals surface area contributed by atoms with Crippen LogP contribution in [0.25, 0.3) is 0 Å². The Labute approximate surface area is 158 Å². The van der Waals surface area contributed by atoms with Crippen LogP contribution in [0.2, 0.25) is 0 Å². The molecule has 26 heavy (non-hydrogen) atoms. The Hall–Kier alpha value is -1.60. The summed E-state index contributed by atoms with van der Waals surface area (Å²) in [6.45, 7) is 4.78. The second-order valence-corrected chi connectivity index (χ2v) is 8.07. The minimum Gasteiger partial charge on any atom is -0.342 e. The topological polar surface area (TPSA) is 43.9 Å². The average molecular weight is 380 g/mol. The number of rotatable bonds is 4. The van der Waals surface area contributed by atoms with Gasteiger partial charge >= 0.3 is 0 Å². The van der Waals surface area contributed by atoms with Crippen LogP contribution in [0.3, 0.4) is 0 Å². The van der Waals surface area contributed by atoms with Gasteiger partial charge in [0.05, 0.1) is 5.75 Å². The van der Waals surface area contributed by atoms with Gasteiger partial charge in [-0.2, -0.15) is 0 Å². The van der Waals surface area contributed by atoms with Crippen molar-refractivity contribution < 1.29 is 14.0 Å². The molecule has 2 aliphatic heterocycles. The largest absolute Gasteiger partial charge is 0.342 e. The van der Waals surface area contributed by atoms with E-state index in [-0.39, 0.29) is 23.5 Å². The summed E-state index contributed by atoms with van der Waals surface area (Å²) < 4.78 is 12.9. The molecule has 0 bridgehead atoms. The number of piperazine rings is 1. The number of amides is 2. The Morgan fingerprint density at radius 2 is 1.62 bits per heavy atom. The summed E-state index contributed by atoms with van der Waals surface area (Å²) in [5.41, 5.74) is 0. The molecule has 0 aromatic heterocycles. The Morgan fingerprint density at radius 3 is 2.23 bits per heavy atom. The summed E-state index contributed by atoms with van der Waals surface area (Å²) >= 11 is 1.42. The van der Waals surface area contributed by atoms with Gasteiger partial charge in [0.1, 0.15) is 5.82 Å². The number of likely N-dealkylation sites (N-methyl/N-ethyl adjacent to an activating group) is 1. The molecule has 0 aliphatic carbocycles. The number of piperidine rings is 1. The smallest absolute Gasteiger partial charge is 0.232 e. The number of hydrogen-bond acceptors (Lipinski definition) is 4. The first-order valence-electron chi connectivity index (χ1n) is 9.16.